The lowest BCUT2D eigenvalue weighted by molar-refractivity contribution is -0.116. The van der Waals surface area contributed by atoms with Gasteiger partial charge in [0, 0.05) is 16.8 Å². The van der Waals surface area contributed by atoms with Crippen molar-refractivity contribution in [3.8, 4) is 5.75 Å². The number of hydrogen-bond acceptors (Lipinski definition) is 4. The predicted molar refractivity (Wildman–Crippen MR) is 109 cm³/mol. The highest BCUT2D eigenvalue weighted by Crippen LogP contribution is 2.24. The summed E-state index contributed by atoms with van der Waals surface area (Å²) in [7, 11) is -3.69. The average Bonchev–Trinajstić information content (AvgIpc) is 2.61. The lowest BCUT2D eigenvalue weighted by Gasteiger charge is -2.28. The minimum Gasteiger partial charge on any atom is -0.489 e. The van der Waals surface area contributed by atoms with Crippen molar-refractivity contribution in [2.24, 2.45) is 0 Å². The van der Waals surface area contributed by atoms with E-state index < -0.39 is 22.0 Å². The van der Waals surface area contributed by atoms with Crippen molar-refractivity contribution in [3.05, 3.63) is 66.2 Å². The monoisotopic (exact) mass is 408 g/mol. The third-order valence-electron chi connectivity index (χ3n) is 3.64. The SMILES string of the molecule is C=CCOc1cccc(NC(=O)[C@@H](C)N(c2ccc(Cl)cc2)S(C)(=O)=O)c1. The first-order valence-corrected chi connectivity index (χ1v) is 10.3. The third kappa shape index (κ3) is 5.74. The van der Waals surface area contributed by atoms with Crippen molar-refractivity contribution in [1.29, 1.82) is 0 Å². The highest BCUT2D eigenvalue weighted by Gasteiger charge is 2.29. The Bertz CT molecular complexity index is 914. The number of halogens is 1. The first-order chi connectivity index (χ1) is 12.7. The minimum atomic E-state index is -3.69. The van der Waals surface area contributed by atoms with Gasteiger partial charge in [-0.1, -0.05) is 30.3 Å². The number of carbonyl (C=O) groups excluding carboxylic acids is 1. The van der Waals surface area contributed by atoms with Crippen LogP contribution in [0.5, 0.6) is 5.75 Å². The van der Waals surface area contributed by atoms with Gasteiger partial charge in [-0.2, -0.15) is 0 Å². The summed E-state index contributed by atoms with van der Waals surface area (Å²) in [5.41, 5.74) is 0.852. The van der Waals surface area contributed by atoms with Crippen LogP contribution in [-0.4, -0.2) is 33.2 Å². The van der Waals surface area contributed by atoms with Gasteiger partial charge in [-0.3, -0.25) is 9.10 Å². The van der Waals surface area contributed by atoms with Gasteiger partial charge in [-0.15, -0.1) is 0 Å². The smallest absolute Gasteiger partial charge is 0.247 e. The second-order valence-electron chi connectivity index (χ2n) is 5.83. The van der Waals surface area contributed by atoms with Crippen molar-refractivity contribution < 1.29 is 17.9 Å². The van der Waals surface area contributed by atoms with Gasteiger partial charge in [0.15, 0.2) is 0 Å². The van der Waals surface area contributed by atoms with E-state index in [2.05, 4.69) is 11.9 Å². The van der Waals surface area contributed by atoms with E-state index in [0.717, 1.165) is 10.6 Å². The maximum Gasteiger partial charge on any atom is 0.247 e. The van der Waals surface area contributed by atoms with E-state index in [1.807, 2.05) is 0 Å². The molecule has 0 heterocycles. The molecule has 0 radical (unpaired) electrons. The number of rotatable bonds is 8. The molecule has 0 unspecified atom stereocenters. The molecule has 0 aliphatic rings. The number of sulfonamides is 1. The molecule has 0 aliphatic carbocycles. The number of ether oxygens (including phenoxy) is 1. The molecule has 6 nitrogen and oxygen atoms in total. The number of carbonyl (C=O) groups is 1. The molecule has 0 saturated carbocycles. The van der Waals surface area contributed by atoms with Crippen molar-refractivity contribution >= 4 is 38.9 Å². The molecule has 1 N–H and O–H groups in total. The minimum absolute atomic E-state index is 0.340. The average molecular weight is 409 g/mol. The van der Waals surface area contributed by atoms with Crippen molar-refractivity contribution in [1.82, 2.24) is 0 Å². The van der Waals surface area contributed by atoms with Crippen LogP contribution in [-0.2, 0) is 14.8 Å². The summed E-state index contributed by atoms with van der Waals surface area (Å²) in [6.45, 7) is 5.44. The van der Waals surface area contributed by atoms with Crippen LogP contribution in [0, 0.1) is 0 Å². The number of amides is 1. The summed E-state index contributed by atoms with van der Waals surface area (Å²) >= 11 is 5.87. The molecule has 27 heavy (non-hydrogen) atoms. The summed E-state index contributed by atoms with van der Waals surface area (Å²) in [6, 6.07) is 12.1. The van der Waals surface area contributed by atoms with Crippen molar-refractivity contribution in [2.75, 3.05) is 22.5 Å². The van der Waals surface area contributed by atoms with E-state index in [9.17, 15) is 13.2 Å². The normalized spacial score (nSPS) is 12.1. The number of nitrogens with one attached hydrogen (secondary N) is 1. The summed E-state index contributed by atoms with van der Waals surface area (Å²) < 4.78 is 31.0. The zero-order valence-corrected chi connectivity index (χ0v) is 16.6. The van der Waals surface area contributed by atoms with E-state index >= 15 is 0 Å². The standard InChI is InChI=1S/C19H21ClN2O4S/c1-4-12-26-18-7-5-6-16(13-18)21-19(23)14(2)22(27(3,24)25)17-10-8-15(20)9-11-17/h4-11,13-14H,1,12H2,2-3H3,(H,21,23)/t14-/m1/s1. The lowest BCUT2D eigenvalue weighted by atomic mass is 10.2. The Balaban J connectivity index is 2.22. The van der Waals surface area contributed by atoms with Gasteiger partial charge in [0.25, 0.3) is 0 Å². The predicted octanol–water partition coefficient (Wildman–Crippen LogP) is 3.70. The summed E-state index contributed by atoms with van der Waals surface area (Å²) in [5, 5.41) is 3.19. The fourth-order valence-electron chi connectivity index (χ4n) is 2.46. The van der Waals surface area contributed by atoms with Crippen LogP contribution in [0.25, 0.3) is 0 Å². The fourth-order valence-corrected chi connectivity index (χ4v) is 3.76. The van der Waals surface area contributed by atoms with E-state index in [1.165, 1.54) is 6.92 Å². The molecule has 0 bridgehead atoms. The maximum absolute atomic E-state index is 12.7. The Hall–Kier alpha value is -2.51. The van der Waals surface area contributed by atoms with E-state index in [-0.39, 0.29) is 0 Å². The Labute approximate surface area is 164 Å². The van der Waals surface area contributed by atoms with Gasteiger partial charge in [-0.25, -0.2) is 8.42 Å². The Morgan fingerprint density at radius 1 is 1.30 bits per heavy atom. The zero-order chi connectivity index (χ0) is 20.0. The highest BCUT2D eigenvalue weighted by atomic mass is 35.5. The number of nitrogens with zero attached hydrogens (tertiary/aromatic N) is 1. The second kappa shape index (κ2) is 8.92. The number of anilines is 2. The van der Waals surface area contributed by atoms with E-state index in [4.69, 9.17) is 16.3 Å². The molecule has 0 aromatic heterocycles. The summed E-state index contributed by atoms with van der Waals surface area (Å²) in [5.74, 6) is 0.0919. The van der Waals surface area contributed by atoms with Gasteiger partial charge >= 0.3 is 0 Å². The topological polar surface area (TPSA) is 75.7 Å². The molecule has 2 aromatic rings. The first kappa shape index (κ1) is 20.8. The van der Waals surface area contributed by atoms with Crippen LogP contribution >= 0.6 is 11.6 Å². The largest absolute Gasteiger partial charge is 0.489 e. The van der Waals surface area contributed by atoms with E-state index in [0.29, 0.717) is 28.8 Å². The molecule has 144 valence electrons. The van der Waals surface area contributed by atoms with Crippen LogP contribution in [0.1, 0.15) is 6.92 Å². The maximum atomic E-state index is 12.7. The lowest BCUT2D eigenvalue weighted by Crippen LogP contribution is -2.45. The molecule has 8 heteroatoms. The molecule has 0 aliphatic heterocycles. The summed E-state index contributed by atoms with van der Waals surface area (Å²) in [4.78, 5) is 12.7. The van der Waals surface area contributed by atoms with E-state index in [1.54, 1.807) is 54.6 Å². The van der Waals surface area contributed by atoms with Gasteiger partial charge in [0.05, 0.1) is 11.9 Å². The molecular weight excluding hydrogens is 388 g/mol. The molecule has 2 rings (SSSR count). The molecule has 1 atom stereocenters. The van der Waals surface area contributed by atoms with Crippen LogP contribution in [0.2, 0.25) is 5.02 Å². The fraction of sp³-hybridized carbons (Fsp3) is 0.211. The van der Waals surface area contributed by atoms with Crippen molar-refractivity contribution in [3.63, 3.8) is 0 Å². The van der Waals surface area contributed by atoms with Crippen LogP contribution in [0.3, 0.4) is 0 Å². The quantitative estimate of drug-likeness (QED) is 0.676. The Kier molecular flexibility index (Phi) is 6.87. The number of benzene rings is 2. The zero-order valence-electron chi connectivity index (χ0n) is 15.1. The van der Waals surface area contributed by atoms with Crippen LogP contribution in [0.4, 0.5) is 11.4 Å². The molecule has 2 aromatic carbocycles. The van der Waals surface area contributed by atoms with Gasteiger partial charge in [-0.05, 0) is 43.3 Å². The Morgan fingerprint density at radius 3 is 2.56 bits per heavy atom. The first-order valence-electron chi connectivity index (χ1n) is 8.12. The highest BCUT2D eigenvalue weighted by molar-refractivity contribution is 7.92. The second-order valence-corrected chi connectivity index (χ2v) is 8.12. The molecular formula is C19H21ClN2O4S. The number of hydrogen-bond donors (Lipinski definition) is 1. The van der Waals surface area contributed by atoms with Crippen molar-refractivity contribution in [2.45, 2.75) is 13.0 Å². The Morgan fingerprint density at radius 2 is 1.96 bits per heavy atom. The molecule has 0 saturated heterocycles. The molecule has 0 spiro atoms. The van der Waals surface area contributed by atoms with Gasteiger partial charge in [0.1, 0.15) is 18.4 Å². The van der Waals surface area contributed by atoms with Gasteiger partial charge in [0.2, 0.25) is 15.9 Å². The molecule has 1 amide bonds. The van der Waals surface area contributed by atoms with Crippen LogP contribution < -0.4 is 14.4 Å². The molecule has 0 fully saturated rings. The van der Waals surface area contributed by atoms with Gasteiger partial charge < -0.3 is 10.1 Å². The van der Waals surface area contributed by atoms with Crippen LogP contribution in [0.15, 0.2) is 61.2 Å². The summed E-state index contributed by atoms with van der Waals surface area (Å²) in [6.07, 6.45) is 2.67. The third-order valence-corrected chi connectivity index (χ3v) is 5.13.